The highest BCUT2D eigenvalue weighted by atomic mass is 35.5. The lowest BCUT2D eigenvalue weighted by Crippen LogP contribution is -2.50. The molecule has 0 radical (unpaired) electrons. The zero-order valence-corrected chi connectivity index (χ0v) is 17.3. The zero-order valence-electron chi connectivity index (χ0n) is 15.7. The summed E-state index contributed by atoms with van der Waals surface area (Å²) in [5.74, 6) is -0.360. The number of amides is 2. The Morgan fingerprint density at radius 2 is 1.86 bits per heavy atom. The Morgan fingerprint density at radius 1 is 1.18 bits per heavy atom. The predicted molar refractivity (Wildman–Crippen MR) is 105 cm³/mol. The van der Waals surface area contributed by atoms with Gasteiger partial charge in [0, 0.05) is 36.1 Å². The minimum Gasteiger partial charge on any atom is -0.354 e. The quantitative estimate of drug-likeness (QED) is 0.790. The number of allylic oxidation sites excluding steroid dienone is 1. The van der Waals surface area contributed by atoms with Gasteiger partial charge in [-0.05, 0) is 56.4 Å². The van der Waals surface area contributed by atoms with E-state index in [9.17, 15) is 18.0 Å². The molecule has 2 fully saturated rings. The molecule has 6 nitrogen and oxygen atoms in total. The molecule has 28 heavy (non-hydrogen) atoms. The molecule has 8 heteroatoms. The number of rotatable bonds is 5. The fraction of sp³-hybridized carbons (Fsp3) is 0.500. The van der Waals surface area contributed by atoms with Gasteiger partial charge in [0.15, 0.2) is 14.6 Å². The zero-order chi connectivity index (χ0) is 20.2. The molecule has 1 heterocycles. The summed E-state index contributed by atoms with van der Waals surface area (Å²) in [6, 6.07) is 5.93. The highest BCUT2D eigenvalue weighted by Crippen LogP contribution is 2.49. The van der Waals surface area contributed by atoms with Gasteiger partial charge in [-0.3, -0.25) is 9.59 Å². The summed E-state index contributed by atoms with van der Waals surface area (Å²) >= 11 is 5.86. The first-order valence-electron chi connectivity index (χ1n) is 9.48. The van der Waals surface area contributed by atoms with Gasteiger partial charge in [-0.25, -0.2) is 8.42 Å². The first-order chi connectivity index (χ1) is 13.2. The summed E-state index contributed by atoms with van der Waals surface area (Å²) in [6.07, 6.45) is 5.53. The molecule has 4 rings (SSSR count). The van der Waals surface area contributed by atoms with Gasteiger partial charge >= 0.3 is 0 Å². The smallest absolute Gasteiger partial charge is 0.241 e. The maximum absolute atomic E-state index is 13.1. The van der Waals surface area contributed by atoms with Crippen LogP contribution in [0, 0.1) is 5.41 Å². The fourth-order valence-electron chi connectivity index (χ4n) is 4.47. The SMILES string of the molecule is CN1C(=O)CCC2(CNC(=O)C3(S(=O)(=O)c4ccc(Cl)cc4)CC3)CCC=C12. The third-order valence-electron chi connectivity index (χ3n) is 6.40. The highest BCUT2D eigenvalue weighted by molar-refractivity contribution is 7.94. The van der Waals surface area contributed by atoms with Gasteiger partial charge < -0.3 is 10.2 Å². The van der Waals surface area contributed by atoms with Gasteiger partial charge in [-0.2, -0.15) is 0 Å². The molecule has 1 aromatic rings. The molecule has 1 atom stereocenters. The topological polar surface area (TPSA) is 83.6 Å². The van der Waals surface area contributed by atoms with Gasteiger partial charge in [0.25, 0.3) is 0 Å². The molecular weight excluding hydrogens is 400 g/mol. The van der Waals surface area contributed by atoms with Crippen LogP contribution in [-0.4, -0.2) is 43.5 Å². The van der Waals surface area contributed by atoms with E-state index in [1.54, 1.807) is 11.9 Å². The van der Waals surface area contributed by atoms with Crippen LogP contribution in [0.15, 0.2) is 40.9 Å². The number of hydrogen-bond acceptors (Lipinski definition) is 4. The standard InChI is InChI=1S/C20H23ClN2O4S/c1-23-16-3-2-9-19(16,10-8-17(23)24)13-22-18(25)20(11-12-20)28(26,27)15-6-4-14(21)5-7-15/h3-7H,2,8-13H2,1H3,(H,22,25). The van der Waals surface area contributed by atoms with Crippen molar-refractivity contribution in [3.05, 3.63) is 41.1 Å². The Morgan fingerprint density at radius 3 is 2.50 bits per heavy atom. The number of halogens is 1. The van der Waals surface area contributed by atoms with Crippen LogP contribution in [0.1, 0.15) is 38.5 Å². The third-order valence-corrected chi connectivity index (χ3v) is 9.17. The van der Waals surface area contributed by atoms with Crippen molar-refractivity contribution in [2.75, 3.05) is 13.6 Å². The van der Waals surface area contributed by atoms with Crippen molar-refractivity contribution in [2.45, 2.75) is 48.2 Å². The lowest BCUT2D eigenvalue weighted by molar-refractivity contribution is -0.132. The molecule has 0 spiro atoms. The average Bonchev–Trinajstić information content (AvgIpc) is 3.39. The van der Waals surface area contributed by atoms with Crippen molar-refractivity contribution in [3.63, 3.8) is 0 Å². The lowest BCUT2D eigenvalue weighted by atomic mass is 9.77. The molecular formula is C20H23ClN2O4S. The Labute approximate surface area is 169 Å². The average molecular weight is 423 g/mol. The van der Waals surface area contributed by atoms with E-state index in [2.05, 4.69) is 11.4 Å². The van der Waals surface area contributed by atoms with Crippen molar-refractivity contribution in [1.82, 2.24) is 10.2 Å². The van der Waals surface area contributed by atoms with Crippen LogP contribution >= 0.6 is 11.6 Å². The molecule has 1 saturated carbocycles. The van der Waals surface area contributed by atoms with E-state index in [1.807, 2.05) is 0 Å². The van der Waals surface area contributed by atoms with Gasteiger partial charge in [-0.1, -0.05) is 17.7 Å². The Kier molecular flexibility index (Phi) is 4.58. The molecule has 1 aliphatic heterocycles. The third kappa shape index (κ3) is 2.87. The van der Waals surface area contributed by atoms with Crippen LogP contribution in [-0.2, 0) is 19.4 Å². The number of piperidine rings is 1. The van der Waals surface area contributed by atoms with Crippen LogP contribution in [0.5, 0.6) is 0 Å². The molecule has 1 N–H and O–H groups in total. The number of fused-ring (bicyclic) bond motifs is 1. The van der Waals surface area contributed by atoms with Gasteiger partial charge in [0.1, 0.15) is 0 Å². The van der Waals surface area contributed by atoms with Gasteiger partial charge in [0.05, 0.1) is 4.90 Å². The number of nitrogens with zero attached hydrogens (tertiary/aromatic N) is 1. The number of carbonyl (C=O) groups excluding carboxylic acids is 2. The summed E-state index contributed by atoms with van der Waals surface area (Å²) in [5.41, 5.74) is 0.674. The van der Waals surface area contributed by atoms with Crippen molar-refractivity contribution in [2.24, 2.45) is 5.41 Å². The van der Waals surface area contributed by atoms with E-state index < -0.39 is 20.5 Å². The maximum atomic E-state index is 13.1. The molecule has 3 aliphatic rings. The normalized spacial score (nSPS) is 25.9. The number of hydrogen-bond donors (Lipinski definition) is 1. The molecule has 0 aromatic heterocycles. The van der Waals surface area contributed by atoms with Crippen molar-refractivity contribution >= 4 is 33.3 Å². The van der Waals surface area contributed by atoms with E-state index in [4.69, 9.17) is 11.6 Å². The Balaban J connectivity index is 1.52. The number of sulfone groups is 1. The molecule has 1 saturated heterocycles. The van der Waals surface area contributed by atoms with E-state index in [-0.39, 0.29) is 16.2 Å². The number of carbonyl (C=O) groups is 2. The van der Waals surface area contributed by atoms with Gasteiger partial charge in [0.2, 0.25) is 11.8 Å². The summed E-state index contributed by atoms with van der Waals surface area (Å²) in [4.78, 5) is 26.8. The molecule has 0 bridgehead atoms. The first-order valence-corrected chi connectivity index (χ1v) is 11.3. The molecule has 2 amide bonds. The summed E-state index contributed by atoms with van der Waals surface area (Å²) in [6.45, 7) is 0.354. The van der Waals surface area contributed by atoms with Crippen LogP contribution in [0.25, 0.3) is 0 Å². The largest absolute Gasteiger partial charge is 0.354 e. The van der Waals surface area contributed by atoms with Crippen molar-refractivity contribution < 1.29 is 18.0 Å². The van der Waals surface area contributed by atoms with E-state index >= 15 is 0 Å². The van der Waals surface area contributed by atoms with E-state index in [1.165, 1.54) is 24.3 Å². The summed E-state index contributed by atoms with van der Waals surface area (Å²) in [5, 5.41) is 3.37. The van der Waals surface area contributed by atoms with Crippen LogP contribution in [0.4, 0.5) is 0 Å². The number of nitrogens with one attached hydrogen (secondary N) is 1. The van der Waals surface area contributed by atoms with Crippen LogP contribution in [0.3, 0.4) is 0 Å². The second kappa shape index (κ2) is 6.59. The molecule has 1 unspecified atom stereocenters. The van der Waals surface area contributed by atoms with E-state index in [0.29, 0.717) is 37.3 Å². The van der Waals surface area contributed by atoms with Crippen molar-refractivity contribution in [3.8, 4) is 0 Å². The summed E-state index contributed by atoms with van der Waals surface area (Å²) < 4.78 is 24.8. The maximum Gasteiger partial charge on any atom is 0.241 e. The van der Waals surface area contributed by atoms with Crippen LogP contribution < -0.4 is 5.32 Å². The van der Waals surface area contributed by atoms with Crippen molar-refractivity contribution in [1.29, 1.82) is 0 Å². The van der Waals surface area contributed by atoms with Gasteiger partial charge in [-0.15, -0.1) is 0 Å². The monoisotopic (exact) mass is 422 g/mol. The second-order valence-corrected chi connectivity index (χ2v) is 10.7. The van der Waals surface area contributed by atoms with Crippen LogP contribution in [0.2, 0.25) is 5.02 Å². The molecule has 1 aromatic carbocycles. The molecule has 150 valence electrons. The predicted octanol–water partition coefficient (Wildman–Crippen LogP) is 2.68. The minimum absolute atomic E-state index is 0.0825. The lowest BCUT2D eigenvalue weighted by Gasteiger charge is -2.41. The van der Waals surface area contributed by atoms with E-state index in [0.717, 1.165) is 18.5 Å². The molecule has 2 aliphatic carbocycles. The fourth-order valence-corrected chi connectivity index (χ4v) is 6.50. The highest BCUT2D eigenvalue weighted by Gasteiger charge is 2.61. The second-order valence-electron chi connectivity index (χ2n) is 8.00. The Hall–Kier alpha value is -1.86. The minimum atomic E-state index is -3.79. The number of likely N-dealkylation sites (tertiary alicyclic amines) is 1. The summed E-state index contributed by atoms with van der Waals surface area (Å²) in [7, 11) is -2.02. The number of benzene rings is 1. The Bertz CT molecular complexity index is 966. The first kappa shape index (κ1) is 19.5.